The maximum absolute atomic E-state index is 9.14. The van der Waals surface area contributed by atoms with Crippen LogP contribution in [0.15, 0.2) is 22.7 Å². The van der Waals surface area contributed by atoms with Gasteiger partial charge in [-0.2, -0.15) is 0 Å². The summed E-state index contributed by atoms with van der Waals surface area (Å²) in [5, 5.41) is 9.14. The van der Waals surface area contributed by atoms with E-state index in [1.807, 2.05) is 6.07 Å². The number of hydrogen-bond donors (Lipinski definition) is 1. The van der Waals surface area contributed by atoms with E-state index in [1.54, 1.807) is 0 Å². The third-order valence-electron chi connectivity index (χ3n) is 2.99. The van der Waals surface area contributed by atoms with Gasteiger partial charge < -0.3 is 14.7 Å². The molecule has 1 saturated heterocycles. The quantitative estimate of drug-likeness (QED) is 0.911. The summed E-state index contributed by atoms with van der Waals surface area (Å²) in [5.41, 5.74) is 2.10. The molecule has 1 fully saturated rings. The lowest BCUT2D eigenvalue weighted by molar-refractivity contribution is -0.00522. The van der Waals surface area contributed by atoms with Crippen molar-refractivity contribution in [3.63, 3.8) is 0 Å². The van der Waals surface area contributed by atoms with Crippen molar-refractivity contribution in [2.45, 2.75) is 32.7 Å². The van der Waals surface area contributed by atoms with Crippen LogP contribution in [0.2, 0.25) is 0 Å². The fourth-order valence-corrected chi connectivity index (χ4v) is 2.74. The molecule has 0 unspecified atom stereocenters. The summed E-state index contributed by atoms with van der Waals surface area (Å²) >= 11 is 3.49. The number of ether oxygens (including phenoxy) is 1. The molecule has 17 heavy (non-hydrogen) atoms. The molecule has 2 atom stereocenters. The fourth-order valence-electron chi connectivity index (χ4n) is 2.25. The molecule has 1 aromatic rings. The number of morpholine rings is 1. The highest BCUT2D eigenvalue weighted by Crippen LogP contribution is 2.26. The van der Waals surface area contributed by atoms with E-state index in [0.29, 0.717) is 0 Å². The van der Waals surface area contributed by atoms with Crippen LogP contribution in [0.4, 0.5) is 5.69 Å². The van der Waals surface area contributed by atoms with Crippen LogP contribution >= 0.6 is 15.9 Å². The molecule has 0 radical (unpaired) electrons. The molecule has 94 valence electrons. The smallest absolute Gasteiger partial charge is 0.0726 e. The highest BCUT2D eigenvalue weighted by atomic mass is 79.9. The summed E-state index contributed by atoms with van der Waals surface area (Å²) in [6.45, 7) is 6.08. The Hall–Kier alpha value is -0.580. The van der Waals surface area contributed by atoms with Gasteiger partial charge in [-0.05, 0) is 31.5 Å². The van der Waals surface area contributed by atoms with Gasteiger partial charge in [0.05, 0.1) is 18.8 Å². The monoisotopic (exact) mass is 299 g/mol. The molecule has 1 aliphatic rings. The fraction of sp³-hybridized carbons (Fsp3) is 0.538. The maximum Gasteiger partial charge on any atom is 0.0726 e. The van der Waals surface area contributed by atoms with Gasteiger partial charge in [0.15, 0.2) is 0 Å². The number of halogens is 1. The molecule has 0 saturated carbocycles. The first-order chi connectivity index (χ1) is 8.10. The zero-order valence-corrected chi connectivity index (χ0v) is 11.8. The molecule has 2 rings (SSSR count). The zero-order chi connectivity index (χ0) is 12.4. The van der Waals surface area contributed by atoms with E-state index in [1.165, 1.54) is 5.69 Å². The van der Waals surface area contributed by atoms with Gasteiger partial charge in [-0.1, -0.05) is 22.0 Å². The summed E-state index contributed by atoms with van der Waals surface area (Å²) in [6.07, 6.45) is 0.519. The molecule has 0 aromatic heterocycles. The summed E-state index contributed by atoms with van der Waals surface area (Å²) in [4.78, 5) is 2.32. The van der Waals surface area contributed by atoms with Crippen LogP contribution in [0.5, 0.6) is 0 Å². The van der Waals surface area contributed by atoms with Crippen molar-refractivity contribution in [1.82, 2.24) is 0 Å². The van der Waals surface area contributed by atoms with Gasteiger partial charge in [0, 0.05) is 23.2 Å². The van der Waals surface area contributed by atoms with Crippen molar-refractivity contribution < 1.29 is 9.84 Å². The highest BCUT2D eigenvalue weighted by molar-refractivity contribution is 9.10. The van der Waals surface area contributed by atoms with Crippen molar-refractivity contribution in [3.05, 3.63) is 28.2 Å². The Morgan fingerprint density at radius 1 is 1.35 bits per heavy atom. The number of aliphatic hydroxyl groups is 1. The van der Waals surface area contributed by atoms with E-state index in [2.05, 4.69) is 46.8 Å². The minimum atomic E-state index is 0.0663. The third-order valence-corrected chi connectivity index (χ3v) is 3.73. The Bertz CT molecular complexity index is 387. The number of nitrogens with zero attached hydrogens (tertiary/aromatic N) is 1. The average Bonchev–Trinajstić information content (AvgIpc) is 2.27. The van der Waals surface area contributed by atoms with Crippen LogP contribution in [-0.2, 0) is 11.3 Å². The van der Waals surface area contributed by atoms with Crippen molar-refractivity contribution in [2.24, 2.45) is 0 Å². The lowest BCUT2D eigenvalue weighted by atomic mass is 10.1. The molecular weight excluding hydrogens is 282 g/mol. The van der Waals surface area contributed by atoms with E-state index in [9.17, 15) is 0 Å². The van der Waals surface area contributed by atoms with Gasteiger partial charge in [0.25, 0.3) is 0 Å². The van der Waals surface area contributed by atoms with Crippen LogP contribution in [0.25, 0.3) is 0 Å². The van der Waals surface area contributed by atoms with E-state index in [4.69, 9.17) is 9.84 Å². The van der Waals surface area contributed by atoms with E-state index < -0.39 is 0 Å². The number of benzene rings is 1. The predicted molar refractivity (Wildman–Crippen MR) is 72.3 cm³/mol. The normalized spacial score (nSPS) is 25.1. The second-order valence-corrected chi connectivity index (χ2v) is 5.45. The Kier molecular flexibility index (Phi) is 4.07. The van der Waals surface area contributed by atoms with Gasteiger partial charge in [-0.15, -0.1) is 0 Å². The molecule has 1 aromatic carbocycles. The zero-order valence-electron chi connectivity index (χ0n) is 10.2. The second-order valence-electron chi connectivity index (χ2n) is 4.60. The Balaban J connectivity index is 2.19. The number of rotatable bonds is 2. The molecule has 0 aliphatic carbocycles. The number of hydrogen-bond acceptors (Lipinski definition) is 3. The predicted octanol–water partition coefficient (Wildman–Crippen LogP) is 2.56. The summed E-state index contributed by atoms with van der Waals surface area (Å²) in [6, 6.07) is 6.08. The van der Waals surface area contributed by atoms with Gasteiger partial charge in [0.2, 0.25) is 0 Å². The topological polar surface area (TPSA) is 32.7 Å². The highest BCUT2D eigenvalue weighted by Gasteiger charge is 2.22. The lowest BCUT2D eigenvalue weighted by Gasteiger charge is -2.37. The molecule has 0 spiro atoms. The van der Waals surface area contributed by atoms with Crippen LogP contribution in [0, 0.1) is 0 Å². The molecule has 1 heterocycles. The van der Waals surface area contributed by atoms with Gasteiger partial charge in [-0.3, -0.25) is 0 Å². The molecule has 1 N–H and O–H groups in total. The summed E-state index contributed by atoms with van der Waals surface area (Å²) in [5.74, 6) is 0. The summed E-state index contributed by atoms with van der Waals surface area (Å²) < 4.78 is 6.68. The first-order valence-electron chi connectivity index (χ1n) is 5.90. The van der Waals surface area contributed by atoms with Gasteiger partial charge in [-0.25, -0.2) is 0 Å². The second kappa shape index (κ2) is 5.38. The molecule has 0 bridgehead atoms. The Morgan fingerprint density at radius 2 is 2.00 bits per heavy atom. The Labute approximate surface area is 111 Å². The van der Waals surface area contributed by atoms with Gasteiger partial charge in [0.1, 0.15) is 0 Å². The minimum absolute atomic E-state index is 0.0663. The molecule has 0 amide bonds. The summed E-state index contributed by atoms with van der Waals surface area (Å²) in [7, 11) is 0. The van der Waals surface area contributed by atoms with Crippen LogP contribution < -0.4 is 4.90 Å². The van der Waals surface area contributed by atoms with Crippen LogP contribution in [0.1, 0.15) is 19.4 Å². The average molecular weight is 300 g/mol. The molecule has 1 aliphatic heterocycles. The van der Waals surface area contributed by atoms with Crippen molar-refractivity contribution >= 4 is 21.6 Å². The van der Waals surface area contributed by atoms with E-state index in [0.717, 1.165) is 23.1 Å². The van der Waals surface area contributed by atoms with Gasteiger partial charge >= 0.3 is 0 Å². The largest absolute Gasteiger partial charge is 0.392 e. The molecular formula is C13H18BrNO2. The third kappa shape index (κ3) is 3.00. The van der Waals surface area contributed by atoms with E-state index >= 15 is 0 Å². The number of aliphatic hydroxyl groups excluding tert-OH is 1. The lowest BCUT2D eigenvalue weighted by Crippen LogP contribution is -2.45. The molecule has 4 heteroatoms. The SMILES string of the molecule is C[C@@H]1CN(c2ccc(CO)c(Br)c2)C[C@H](C)O1. The van der Waals surface area contributed by atoms with E-state index in [-0.39, 0.29) is 18.8 Å². The first kappa shape index (κ1) is 12.9. The number of anilines is 1. The van der Waals surface area contributed by atoms with Crippen molar-refractivity contribution in [1.29, 1.82) is 0 Å². The van der Waals surface area contributed by atoms with Crippen LogP contribution in [0.3, 0.4) is 0 Å². The Morgan fingerprint density at radius 3 is 2.53 bits per heavy atom. The van der Waals surface area contributed by atoms with Crippen molar-refractivity contribution in [3.8, 4) is 0 Å². The standard InChI is InChI=1S/C13H18BrNO2/c1-9-6-15(7-10(2)17-9)12-4-3-11(8-16)13(14)5-12/h3-5,9-10,16H,6-8H2,1-2H3/t9-,10+. The van der Waals surface area contributed by atoms with Crippen molar-refractivity contribution in [2.75, 3.05) is 18.0 Å². The van der Waals surface area contributed by atoms with Crippen LogP contribution in [-0.4, -0.2) is 30.4 Å². The maximum atomic E-state index is 9.14. The minimum Gasteiger partial charge on any atom is -0.392 e. The first-order valence-corrected chi connectivity index (χ1v) is 6.69. The molecule has 3 nitrogen and oxygen atoms in total.